The van der Waals surface area contributed by atoms with Gasteiger partial charge in [-0.1, -0.05) is 53.5 Å². The number of thiophene rings is 1. The monoisotopic (exact) mass is 639 g/mol. The predicted octanol–water partition coefficient (Wildman–Crippen LogP) is 5.79. The molecule has 0 amide bonds. The van der Waals surface area contributed by atoms with E-state index >= 15 is 0 Å². The molecule has 4 aromatic rings. The number of carboxylic acids is 1. The first-order valence-corrected chi connectivity index (χ1v) is 16.1. The molecule has 0 radical (unpaired) electrons. The van der Waals surface area contributed by atoms with Crippen LogP contribution in [0.15, 0.2) is 65.6 Å². The van der Waals surface area contributed by atoms with Crippen LogP contribution in [-0.4, -0.2) is 22.5 Å². The first-order valence-electron chi connectivity index (χ1n) is 12.5. The van der Waals surface area contributed by atoms with Gasteiger partial charge >= 0.3 is 29.6 Å². The van der Waals surface area contributed by atoms with Gasteiger partial charge in [0.25, 0.3) is 0 Å². The van der Waals surface area contributed by atoms with Gasteiger partial charge in [0, 0.05) is 16.1 Å². The van der Waals surface area contributed by atoms with Crippen molar-refractivity contribution in [3.05, 3.63) is 92.7 Å². The van der Waals surface area contributed by atoms with E-state index in [-0.39, 0.29) is 52.5 Å². The maximum atomic E-state index is 13.3. The standard InChI is InChI=1S/C30H26Cl2FNO2S3.Na/c31-27-28-25(39-29(27)32)11-8-22(34-28)7-4-19-2-1-3-20(16-19)24(38-18-30(13-14-30)17-26(35)36)12-15-37-23-9-5-21(33)6-10-23;/h1-11,16,24H,12-15,17-18H2,(H,35,36);/q;+1/p-1/b7-4+;. The quantitative estimate of drug-likeness (QED) is 0.145. The second-order valence-corrected chi connectivity index (χ2v) is 14.1. The minimum absolute atomic E-state index is 0. The molecule has 5 rings (SSSR count). The van der Waals surface area contributed by atoms with Crippen LogP contribution in [0, 0.1) is 11.2 Å². The summed E-state index contributed by atoms with van der Waals surface area (Å²) in [6.45, 7) is 0. The minimum atomic E-state index is -0.971. The van der Waals surface area contributed by atoms with E-state index in [1.54, 1.807) is 23.9 Å². The summed E-state index contributed by atoms with van der Waals surface area (Å²) < 4.78 is 14.8. The Morgan fingerprint density at radius 2 is 1.90 bits per heavy atom. The van der Waals surface area contributed by atoms with Crippen LogP contribution < -0.4 is 34.7 Å². The number of carbonyl (C=O) groups excluding carboxylic acids is 1. The number of halogens is 3. The number of fused-ring (bicyclic) bond motifs is 1. The van der Waals surface area contributed by atoms with Gasteiger partial charge in [0.15, 0.2) is 0 Å². The van der Waals surface area contributed by atoms with Crippen molar-refractivity contribution < 1.29 is 43.8 Å². The Kier molecular flexibility index (Phi) is 11.5. The number of aromatic nitrogens is 1. The summed E-state index contributed by atoms with van der Waals surface area (Å²) in [6.07, 6.45) is 6.89. The predicted molar refractivity (Wildman–Crippen MR) is 163 cm³/mol. The van der Waals surface area contributed by atoms with Gasteiger partial charge < -0.3 is 9.90 Å². The summed E-state index contributed by atoms with van der Waals surface area (Å²) in [5.41, 5.74) is 3.62. The minimum Gasteiger partial charge on any atom is -0.550 e. The van der Waals surface area contributed by atoms with Crippen LogP contribution in [0.4, 0.5) is 4.39 Å². The van der Waals surface area contributed by atoms with Crippen LogP contribution in [0.1, 0.15) is 47.8 Å². The molecule has 40 heavy (non-hydrogen) atoms. The Morgan fingerprint density at radius 3 is 2.62 bits per heavy atom. The summed E-state index contributed by atoms with van der Waals surface area (Å²) in [6, 6.07) is 18.9. The number of rotatable bonds is 12. The molecule has 3 nitrogen and oxygen atoms in total. The molecule has 0 N–H and O–H groups in total. The normalized spacial score (nSPS) is 14.8. The molecule has 0 bridgehead atoms. The molecule has 2 aromatic carbocycles. The van der Waals surface area contributed by atoms with E-state index in [0.717, 1.165) is 51.6 Å². The molecule has 1 saturated carbocycles. The van der Waals surface area contributed by atoms with Gasteiger partial charge in [-0.15, -0.1) is 23.1 Å². The van der Waals surface area contributed by atoms with Gasteiger partial charge in [-0.25, -0.2) is 9.37 Å². The van der Waals surface area contributed by atoms with E-state index in [0.29, 0.717) is 14.9 Å². The van der Waals surface area contributed by atoms with Crippen molar-refractivity contribution in [2.24, 2.45) is 5.41 Å². The van der Waals surface area contributed by atoms with E-state index in [1.807, 2.05) is 36.0 Å². The summed E-state index contributed by atoms with van der Waals surface area (Å²) in [4.78, 5) is 17.0. The van der Waals surface area contributed by atoms with Gasteiger partial charge in [0.1, 0.15) is 15.7 Å². The number of nitrogens with zero attached hydrogens (tertiary/aromatic N) is 1. The molecule has 1 aliphatic rings. The fourth-order valence-corrected chi connectivity index (χ4v) is 8.42. The molecule has 0 saturated heterocycles. The molecule has 0 aliphatic heterocycles. The number of carbonyl (C=O) groups is 1. The fraction of sp³-hybridized carbons (Fsp3) is 0.267. The Labute approximate surface area is 278 Å². The number of benzene rings is 2. The maximum absolute atomic E-state index is 13.3. The molecule has 2 heterocycles. The third kappa shape index (κ3) is 8.51. The maximum Gasteiger partial charge on any atom is 1.00 e. The first kappa shape index (κ1) is 31.9. The average Bonchev–Trinajstić information content (AvgIpc) is 3.62. The average molecular weight is 641 g/mol. The van der Waals surface area contributed by atoms with Crippen molar-refractivity contribution in [3.8, 4) is 0 Å². The molecule has 1 aliphatic carbocycles. The number of hydrogen-bond acceptors (Lipinski definition) is 6. The summed E-state index contributed by atoms with van der Waals surface area (Å²) in [5, 5.41) is 12.0. The molecule has 1 atom stereocenters. The smallest absolute Gasteiger partial charge is 0.550 e. The van der Waals surface area contributed by atoms with Gasteiger partial charge in [-0.3, -0.25) is 0 Å². The Morgan fingerprint density at radius 1 is 1.12 bits per heavy atom. The summed E-state index contributed by atoms with van der Waals surface area (Å²) >= 11 is 17.4. The topological polar surface area (TPSA) is 53.0 Å². The zero-order chi connectivity index (χ0) is 27.4. The number of thioether (sulfide) groups is 2. The molecular formula is C30H25Cl2FNNaO2S3. The second-order valence-electron chi connectivity index (χ2n) is 9.72. The van der Waals surface area contributed by atoms with Crippen molar-refractivity contribution in [1.29, 1.82) is 0 Å². The number of aliphatic carboxylic acids is 1. The fourth-order valence-electron chi connectivity index (χ4n) is 4.37. The van der Waals surface area contributed by atoms with E-state index < -0.39 is 5.97 Å². The molecule has 2 aromatic heterocycles. The van der Waals surface area contributed by atoms with Crippen LogP contribution in [0.2, 0.25) is 9.36 Å². The van der Waals surface area contributed by atoms with Crippen molar-refractivity contribution in [3.63, 3.8) is 0 Å². The van der Waals surface area contributed by atoms with E-state index in [9.17, 15) is 14.3 Å². The molecule has 1 fully saturated rings. The van der Waals surface area contributed by atoms with Gasteiger partial charge in [0.05, 0.1) is 15.4 Å². The van der Waals surface area contributed by atoms with Crippen LogP contribution in [-0.2, 0) is 4.79 Å². The van der Waals surface area contributed by atoms with Crippen molar-refractivity contribution >= 4 is 86.4 Å². The molecular weight excluding hydrogens is 615 g/mol. The van der Waals surface area contributed by atoms with Crippen molar-refractivity contribution in [2.75, 3.05) is 11.5 Å². The molecule has 1 unspecified atom stereocenters. The number of carboxylic acid groups (broad SMARTS) is 1. The van der Waals surface area contributed by atoms with Crippen LogP contribution in [0.25, 0.3) is 22.4 Å². The van der Waals surface area contributed by atoms with Gasteiger partial charge in [-0.2, -0.15) is 11.8 Å². The largest absolute Gasteiger partial charge is 1.00 e. The van der Waals surface area contributed by atoms with Crippen molar-refractivity contribution in [2.45, 2.75) is 35.8 Å². The SMILES string of the molecule is O=C([O-])CC1(CSC(CCSc2ccc(F)cc2)c2cccc(/C=C/c3ccc4sc(Cl)c(Cl)c4n3)c2)CC1.[Na+]. The van der Waals surface area contributed by atoms with Crippen LogP contribution >= 0.6 is 58.1 Å². The number of hydrogen-bond donors (Lipinski definition) is 0. The van der Waals surface area contributed by atoms with E-state index in [4.69, 9.17) is 23.2 Å². The van der Waals surface area contributed by atoms with E-state index in [1.165, 1.54) is 29.0 Å². The molecule has 10 heteroatoms. The zero-order valence-corrected chi connectivity index (χ0v) is 27.8. The van der Waals surface area contributed by atoms with Crippen molar-refractivity contribution in [1.82, 2.24) is 4.98 Å². The van der Waals surface area contributed by atoms with Gasteiger partial charge in [-0.05, 0) is 96.2 Å². The van der Waals surface area contributed by atoms with Gasteiger partial charge in [0.2, 0.25) is 0 Å². The van der Waals surface area contributed by atoms with Crippen LogP contribution in [0.5, 0.6) is 0 Å². The summed E-state index contributed by atoms with van der Waals surface area (Å²) in [5.74, 6) is 0.449. The Balaban J connectivity index is 0.00000370. The second kappa shape index (κ2) is 14.4. The third-order valence-electron chi connectivity index (χ3n) is 6.72. The molecule has 0 spiro atoms. The Hall–Kier alpha value is -1.03. The first-order chi connectivity index (χ1) is 18.8. The third-order valence-corrected chi connectivity index (χ3v) is 11.4. The summed E-state index contributed by atoms with van der Waals surface area (Å²) in [7, 11) is 0. The Bertz CT molecular complexity index is 1510. The van der Waals surface area contributed by atoms with Crippen LogP contribution in [0.3, 0.4) is 0 Å². The number of pyridine rings is 1. The molecule has 202 valence electrons. The van der Waals surface area contributed by atoms with E-state index in [2.05, 4.69) is 29.2 Å². The zero-order valence-electron chi connectivity index (χ0n) is 21.9.